The fourth-order valence-corrected chi connectivity index (χ4v) is 3.66. The highest BCUT2D eigenvalue weighted by Gasteiger charge is 2.31. The van der Waals surface area contributed by atoms with Crippen molar-refractivity contribution in [1.29, 1.82) is 0 Å². The van der Waals surface area contributed by atoms with Gasteiger partial charge >= 0.3 is 11.9 Å². The lowest BCUT2D eigenvalue weighted by molar-refractivity contribution is -0.143. The topological polar surface area (TPSA) is 243 Å². The van der Waals surface area contributed by atoms with Gasteiger partial charge < -0.3 is 42.6 Å². The molecule has 1 aromatic rings. The van der Waals surface area contributed by atoms with Gasteiger partial charge in [0, 0.05) is 18.3 Å². The number of carboxylic acids is 2. The lowest BCUT2D eigenvalue weighted by Gasteiger charge is -2.24. The first-order valence-corrected chi connectivity index (χ1v) is 12.8. The van der Waals surface area contributed by atoms with Crippen LogP contribution in [0.1, 0.15) is 37.8 Å². The third kappa shape index (κ3) is 11.5. The molecule has 0 aliphatic carbocycles. The van der Waals surface area contributed by atoms with E-state index in [4.69, 9.17) is 11.5 Å². The van der Waals surface area contributed by atoms with Crippen molar-refractivity contribution in [2.24, 2.45) is 11.5 Å². The van der Waals surface area contributed by atoms with Crippen molar-refractivity contribution < 1.29 is 34.2 Å². The summed E-state index contributed by atoms with van der Waals surface area (Å²) in [5.74, 6) is -4.59. The maximum atomic E-state index is 13.0. The Morgan fingerprint density at radius 1 is 1.00 bits per heavy atom. The van der Waals surface area contributed by atoms with Gasteiger partial charge in [0.15, 0.2) is 0 Å². The molecule has 4 unspecified atom stereocenters. The van der Waals surface area contributed by atoms with Gasteiger partial charge in [0.1, 0.15) is 18.1 Å². The molecule has 0 aromatic carbocycles. The van der Waals surface area contributed by atoms with E-state index in [2.05, 4.69) is 25.9 Å². The number of aromatic amines is 1. The second-order valence-corrected chi connectivity index (χ2v) is 9.06. The number of unbranched alkanes of at least 4 members (excludes halogenated alkanes) is 1. The number of carbonyl (C=O) groups excluding carboxylic acids is 3. The molecule has 15 heteroatoms. The molecule has 10 N–H and O–H groups in total. The SMILES string of the molecule is CSCCC(NC(=O)C(CC(=O)O)NC(=O)C(CCCCN)NC(=O)C(N)Cc1cnc[nH]1)C(=O)O. The number of hydrogen-bond donors (Lipinski definition) is 8. The molecule has 1 aromatic heterocycles. The first kappa shape index (κ1) is 30.9. The molecule has 4 atom stereocenters. The van der Waals surface area contributed by atoms with E-state index in [-0.39, 0.29) is 19.3 Å². The Balaban J connectivity index is 2.94. The van der Waals surface area contributed by atoms with Crippen molar-refractivity contribution in [3.05, 3.63) is 18.2 Å². The number of rotatable bonds is 18. The van der Waals surface area contributed by atoms with Crippen LogP contribution < -0.4 is 27.4 Å². The Morgan fingerprint density at radius 2 is 1.64 bits per heavy atom. The number of aliphatic carboxylic acids is 2. The Labute approximate surface area is 212 Å². The van der Waals surface area contributed by atoms with Crippen molar-refractivity contribution in [3.8, 4) is 0 Å². The van der Waals surface area contributed by atoms with E-state index in [9.17, 15) is 34.2 Å². The molecule has 0 saturated carbocycles. The number of thioether (sulfide) groups is 1. The number of nitrogens with one attached hydrogen (secondary N) is 4. The first-order chi connectivity index (χ1) is 17.1. The summed E-state index contributed by atoms with van der Waals surface area (Å²) in [5.41, 5.74) is 12.1. The molecule has 0 bridgehead atoms. The van der Waals surface area contributed by atoms with Crippen LogP contribution in [0.25, 0.3) is 0 Å². The molecule has 0 saturated heterocycles. The highest BCUT2D eigenvalue weighted by atomic mass is 32.2. The second kappa shape index (κ2) is 16.5. The summed E-state index contributed by atoms with van der Waals surface area (Å²) in [6, 6.07) is -4.92. The van der Waals surface area contributed by atoms with E-state index >= 15 is 0 Å². The van der Waals surface area contributed by atoms with Crippen molar-refractivity contribution in [1.82, 2.24) is 25.9 Å². The molecule has 36 heavy (non-hydrogen) atoms. The van der Waals surface area contributed by atoms with E-state index in [1.165, 1.54) is 24.3 Å². The van der Waals surface area contributed by atoms with E-state index in [1.54, 1.807) is 6.26 Å². The molecule has 0 aliphatic heterocycles. The summed E-state index contributed by atoms with van der Waals surface area (Å²) in [4.78, 5) is 67.8. The predicted octanol–water partition coefficient (Wildman–Crippen LogP) is -1.82. The van der Waals surface area contributed by atoms with Gasteiger partial charge in [-0.1, -0.05) is 0 Å². The van der Waals surface area contributed by atoms with Crippen LogP contribution in [0.3, 0.4) is 0 Å². The van der Waals surface area contributed by atoms with Gasteiger partial charge in [-0.2, -0.15) is 11.8 Å². The zero-order chi connectivity index (χ0) is 27.1. The Bertz CT molecular complexity index is 869. The molecule has 0 radical (unpaired) electrons. The van der Waals surface area contributed by atoms with Crippen LogP contribution in [0.4, 0.5) is 0 Å². The zero-order valence-electron chi connectivity index (χ0n) is 20.1. The minimum atomic E-state index is -1.56. The summed E-state index contributed by atoms with van der Waals surface area (Å²) < 4.78 is 0. The lowest BCUT2D eigenvalue weighted by atomic mass is 10.1. The van der Waals surface area contributed by atoms with Crippen LogP contribution in [0, 0.1) is 0 Å². The summed E-state index contributed by atoms with van der Waals surface area (Å²) in [5, 5.41) is 25.7. The predicted molar refractivity (Wildman–Crippen MR) is 132 cm³/mol. The molecule has 3 amide bonds. The minimum Gasteiger partial charge on any atom is -0.481 e. The number of carboxylic acid groups (broad SMARTS) is 2. The van der Waals surface area contributed by atoms with Crippen molar-refractivity contribution in [3.63, 3.8) is 0 Å². The van der Waals surface area contributed by atoms with Gasteiger partial charge in [-0.3, -0.25) is 19.2 Å². The third-order valence-corrected chi connectivity index (χ3v) is 5.79. The molecule has 0 fully saturated rings. The number of aromatic nitrogens is 2. The van der Waals surface area contributed by atoms with Gasteiger partial charge in [-0.05, 0) is 44.2 Å². The molecule has 14 nitrogen and oxygen atoms in total. The number of nitrogens with zero attached hydrogens (tertiary/aromatic N) is 1. The number of amides is 3. The molecular formula is C21H35N7O7S. The van der Waals surface area contributed by atoms with Gasteiger partial charge in [0.25, 0.3) is 0 Å². The van der Waals surface area contributed by atoms with Crippen LogP contribution in [0.15, 0.2) is 12.5 Å². The fourth-order valence-electron chi connectivity index (χ4n) is 3.19. The van der Waals surface area contributed by atoms with Crippen LogP contribution in [0.5, 0.6) is 0 Å². The van der Waals surface area contributed by atoms with Crippen LogP contribution in [-0.4, -0.2) is 92.6 Å². The van der Waals surface area contributed by atoms with Crippen molar-refractivity contribution in [2.45, 2.75) is 62.7 Å². The molecule has 0 aliphatic rings. The van der Waals surface area contributed by atoms with Crippen molar-refractivity contribution >= 4 is 41.4 Å². The average molecular weight is 530 g/mol. The molecule has 1 rings (SSSR count). The van der Waals surface area contributed by atoms with Crippen LogP contribution in [-0.2, 0) is 30.4 Å². The molecule has 0 spiro atoms. The monoisotopic (exact) mass is 529 g/mol. The van der Waals surface area contributed by atoms with Crippen molar-refractivity contribution in [2.75, 3.05) is 18.6 Å². The first-order valence-electron chi connectivity index (χ1n) is 11.4. The summed E-state index contributed by atoms with van der Waals surface area (Å²) in [6.07, 6.45) is 5.39. The summed E-state index contributed by atoms with van der Waals surface area (Å²) >= 11 is 1.38. The minimum absolute atomic E-state index is 0.113. The maximum absolute atomic E-state index is 13.0. The highest BCUT2D eigenvalue weighted by molar-refractivity contribution is 7.98. The number of H-pyrrole nitrogens is 1. The second-order valence-electron chi connectivity index (χ2n) is 8.07. The van der Waals surface area contributed by atoms with E-state index in [1.807, 2.05) is 0 Å². The summed E-state index contributed by atoms with van der Waals surface area (Å²) in [7, 11) is 0. The lowest BCUT2D eigenvalue weighted by Crippen LogP contribution is -2.57. The normalized spacial score (nSPS) is 14.2. The average Bonchev–Trinajstić information content (AvgIpc) is 3.32. The van der Waals surface area contributed by atoms with Gasteiger partial charge in [-0.15, -0.1) is 0 Å². The van der Waals surface area contributed by atoms with Gasteiger partial charge in [0.2, 0.25) is 17.7 Å². The highest BCUT2D eigenvalue weighted by Crippen LogP contribution is 2.06. The molecular weight excluding hydrogens is 494 g/mol. The Hall–Kier alpha value is -3.17. The fraction of sp³-hybridized carbons (Fsp3) is 0.619. The standard InChI is InChI=1S/C21H35N7O7S/c1-36-7-5-15(21(34)35)27-20(33)16(9-17(29)30)28-19(32)14(4-2-3-6-22)26-18(31)13(23)8-12-10-24-11-25-12/h10-11,13-16H,2-9,22-23H2,1H3,(H,24,25)(H,26,31)(H,27,33)(H,28,32)(H,29,30)(H,34,35). The maximum Gasteiger partial charge on any atom is 0.326 e. The molecule has 202 valence electrons. The number of hydrogen-bond acceptors (Lipinski definition) is 9. The zero-order valence-corrected chi connectivity index (χ0v) is 20.9. The van der Waals surface area contributed by atoms with Gasteiger partial charge in [0.05, 0.1) is 18.8 Å². The van der Waals surface area contributed by atoms with Crippen LogP contribution >= 0.6 is 11.8 Å². The smallest absolute Gasteiger partial charge is 0.326 e. The van der Waals surface area contributed by atoms with E-state index in [0.29, 0.717) is 30.8 Å². The van der Waals surface area contributed by atoms with Gasteiger partial charge in [-0.25, -0.2) is 9.78 Å². The Kier molecular flexibility index (Phi) is 14.1. The van der Waals surface area contributed by atoms with E-state index < -0.39 is 60.2 Å². The van der Waals surface area contributed by atoms with E-state index in [0.717, 1.165) is 0 Å². The third-order valence-electron chi connectivity index (χ3n) is 5.15. The quantitative estimate of drug-likeness (QED) is 0.0983. The summed E-state index contributed by atoms with van der Waals surface area (Å²) in [6.45, 7) is 0.359. The number of carbonyl (C=O) groups is 5. The Morgan fingerprint density at radius 3 is 2.19 bits per heavy atom. The number of imidazole rings is 1. The largest absolute Gasteiger partial charge is 0.481 e. The van der Waals surface area contributed by atoms with Crippen LogP contribution in [0.2, 0.25) is 0 Å². The number of nitrogens with two attached hydrogens (primary N) is 2. The molecule has 1 heterocycles.